The lowest BCUT2D eigenvalue weighted by molar-refractivity contribution is -0.114. The number of piperidine rings is 1. The fourth-order valence-corrected chi connectivity index (χ4v) is 6.52. The molecule has 1 aliphatic rings. The summed E-state index contributed by atoms with van der Waals surface area (Å²) in [7, 11) is -3.54. The minimum absolute atomic E-state index is 0.193. The number of aliphatic hydroxyl groups excluding tert-OH is 1. The number of hydrogen-bond donors (Lipinski definition) is 2. The van der Waals surface area contributed by atoms with Crippen molar-refractivity contribution in [3.05, 3.63) is 17.1 Å². The Kier molecular flexibility index (Phi) is 5.26. The number of hydrogen-bond acceptors (Lipinski definition) is 7. The summed E-state index contributed by atoms with van der Waals surface area (Å²) in [6, 6.07) is 1.66. The normalized spacial score (nSPS) is 16.9. The van der Waals surface area contributed by atoms with Crippen LogP contribution in [-0.2, 0) is 14.8 Å². The number of aryl methyl sites for hydroxylation is 1. The van der Waals surface area contributed by atoms with Crippen molar-refractivity contribution < 1.29 is 18.3 Å². The predicted molar refractivity (Wildman–Crippen MR) is 98.5 cm³/mol. The molecule has 3 rings (SSSR count). The van der Waals surface area contributed by atoms with Crippen molar-refractivity contribution in [3.63, 3.8) is 0 Å². The van der Waals surface area contributed by atoms with Gasteiger partial charge in [0.15, 0.2) is 5.13 Å². The molecule has 0 aromatic carbocycles. The Morgan fingerprint density at radius 2 is 2.08 bits per heavy atom. The van der Waals surface area contributed by atoms with E-state index in [9.17, 15) is 18.3 Å². The first kappa shape index (κ1) is 18.5. The Labute approximate surface area is 154 Å². The fraction of sp³-hybridized carbons (Fsp3) is 0.467. The zero-order valence-corrected chi connectivity index (χ0v) is 16.3. The number of sulfonamides is 1. The number of nitrogens with zero attached hydrogens (tertiary/aromatic N) is 2. The number of carbonyl (C=O) groups excluding carboxylic acids is 1. The van der Waals surface area contributed by atoms with Gasteiger partial charge in [-0.15, -0.1) is 11.3 Å². The maximum absolute atomic E-state index is 12.8. The lowest BCUT2D eigenvalue weighted by Gasteiger charge is -2.28. The zero-order valence-electron chi connectivity index (χ0n) is 13.9. The first-order valence-electron chi connectivity index (χ1n) is 7.79. The third-order valence-electron chi connectivity index (χ3n) is 3.93. The molecule has 0 spiro atoms. The molecule has 10 heteroatoms. The fourth-order valence-electron chi connectivity index (χ4n) is 2.65. The summed E-state index contributed by atoms with van der Waals surface area (Å²) in [5, 5.41) is 14.5. The average molecular weight is 402 g/mol. The van der Waals surface area contributed by atoms with Gasteiger partial charge in [-0.2, -0.15) is 4.31 Å². The molecule has 0 bridgehead atoms. The van der Waals surface area contributed by atoms with Crippen molar-refractivity contribution >= 4 is 43.7 Å². The summed E-state index contributed by atoms with van der Waals surface area (Å²) in [6.07, 6.45) is 0.508. The van der Waals surface area contributed by atoms with Crippen molar-refractivity contribution in [3.8, 4) is 10.4 Å². The van der Waals surface area contributed by atoms with Crippen LogP contribution in [0.2, 0.25) is 0 Å². The highest BCUT2D eigenvalue weighted by Gasteiger charge is 2.30. The molecule has 2 aromatic rings. The van der Waals surface area contributed by atoms with Gasteiger partial charge in [-0.25, -0.2) is 13.4 Å². The molecule has 1 amide bonds. The van der Waals surface area contributed by atoms with E-state index >= 15 is 0 Å². The molecule has 0 radical (unpaired) electrons. The largest absolute Gasteiger partial charge is 0.393 e. The van der Waals surface area contributed by atoms with Gasteiger partial charge in [0.2, 0.25) is 5.91 Å². The van der Waals surface area contributed by atoms with E-state index in [-0.39, 0.29) is 10.1 Å². The summed E-state index contributed by atoms with van der Waals surface area (Å²) in [4.78, 5) is 16.3. The van der Waals surface area contributed by atoms with E-state index in [4.69, 9.17) is 0 Å². The lowest BCUT2D eigenvalue weighted by atomic mass is 10.1. The third-order valence-corrected chi connectivity index (χ3v) is 8.37. The first-order valence-corrected chi connectivity index (χ1v) is 10.9. The van der Waals surface area contributed by atoms with E-state index in [0.717, 1.165) is 16.1 Å². The molecule has 0 unspecified atom stereocenters. The van der Waals surface area contributed by atoms with Crippen LogP contribution in [0.3, 0.4) is 0 Å². The monoisotopic (exact) mass is 401 g/mol. The Hall–Kier alpha value is -1.33. The summed E-state index contributed by atoms with van der Waals surface area (Å²) in [6.45, 7) is 3.92. The molecular formula is C15H19N3O4S3. The van der Waals surface area contributed by atoms with Crippen LogP contribution in [-0.4, -0.2) is 47.9 Å². The van der Waals surface area contributed by atoms with E-state index in [2.05, 4.69) is 10.3 Å². The van der Waals surface area contributed by atoms with Crippen molar-refractivity contribution in [1.82, 2.24) is 9.29 Å². The number of rotatable bonds is 4. The highest BCUT2D eigenvalue weighted by Crippen LogP contribution is 2.37. The molecule has 2 N–H and O–H groups in total. The summed E-state index contributed by atoms with van der Waals surface area (Å²) in [5.74, 6) is -0.193. The summed E-state index contributed by atoms with van der Waals surface area (Å²) >= 11 is 2.50. The van der Waals surface area contributed by atoms with Gasteiger partial charge in [-0.1, -0.05) is 11.3 Å². The molecule has 3 heterocycles. The zero-order chi connectivity index (χ0) is 18.2. The Morgan fingerprint density at radius 1 is 1.40 bits per heavy atom. The SMILES string of the molecule is CC(=O)Nc1nc(C)c(-c2csc(S(=O)(=O)N3CCC(O)CC3)c2)s1. The van der Waals surface area contributed by atoms with E-state index in [1.165, 1.54) is 33.9 Å². The topological polar surface area (TPSA) is 99.6 Å². The quantitative estimate of drug-likeness (QED) is 0.819. The van der Waals surface area contributed by atoms with Crippen LogP contribution in [0.5, 0.6) is 0 Å². The summed E-state index contributed by atoms with van der Waals surface area (Å²) < 4.78 is 27.2. The number of aliphatic hydroxyl groups is 1. The van der Waals surface area contributed by atoms with E-state index < -0.39 is 16.1 Å². The predicted octanol–water partition coefficient (Wildman–Crippen LogP) is 2.28. The number of amides is 1. The number of carbonyl (C=O) groups is 1. The van der Waals surface area contributed by atoms with Gasteiger partial charge in [0, 0.05) is 31.0 Å². The van der Waals surface area contributed by atoms with E-state index in [1.807, 2.05) is 6.92 Å². The van der Waals surface area contributed by atoms with Crippen LogP contribution < -0.4 is 5.32 Å². The maximum Gasteiger partial charge on any atom is 0.252 e. The van der Waals surface area contributed by atoms with E-state index in [0.29, 0.717) is 31.1 Å². The molecule has 1 fully saturated rings. The molecule has 136 valence electrons. The van der Waals surface area contributed by atoms with Gasteiger partial charge in [0.1, 0.15) is 4.21 Å². The average Bonchev–Trinajstić information content (AvgIpc) is 3.14. The standard InChI is InChI=1S/C15H19N3O4S3/c1-9-14(24-15(16-9)17-10(2)19)11-7-13(23-8-11)25(21,22)18-5-3-12(20)4-6-18/h7-8,12,20H,3-6H2,1-2H3,(H,16,17,19). The van der Waals surface area contributed by atoms with Crippen molar-refractivity contribution in [1.29, 1.82) is 0 Å². The molecular weight excluding hydrogens is 382 g/mol. The summed E-state index contributed by atoms with van der Waals surface area (Å²) in [5.41, 5.74) is 1.53. The van der Waals surface area contributed by atoms with Crippen LogP contribution in [0.4, 0.5) is 5.13 Å². The first-order chi connectivity index (χ1) is 11.8. The smallest absolute Gasteiger partial charge is 0.252 e. The van der Waals surface area contributed by atoms with Gasteiger partial charge < -0.3 is 10.4 Å². The van der Waals surface area contributed by atoms with Crippen LogP contribution in [0, 0.1) is 6.92 Å². The molecule has 0 aliphatic carbocycles. The van der Waals surface area contributed by atoms with Gasteiger partial charge >= 0.3 is 0 Å². The molecule has 25 heavy (non-hydrogen) atoms. The minimum Gasteiger partial charge on any atom is -0.393 e. The molecule has 1 saturated heterocycles. The molecule has 2 aromatic heterocycles. The molecule has 0 saturated carbocycles. The number of aromatic nitrogens is 1. The maximum atomic E-state index is 12.8. The second kappa shape index (κ2) is 7.12. The van der Waals surface area contributed by atoms with Crippen LogP contribution in [0.1, 0.15) is 25.5 Å². The molecule has 0 atom stereocenters. The number of thiazole rings is 1. The third kappa shape index (κ3) is 3.93. The van der Waals surface area contributed by atoms with Crippen molar-refractivity contribution in [2.24, 2.45) is 0 Å². The second-order valence-corrected chi connectivity index (χ2v) is 9.98. The second-order valence-electron chi connectivity index (χ2n) is 5.90. The Balaban J connectivity index is 1.85. The number of anilines is 1. The van der Waals surface area contributed by atoms with Gasteiger partial charge in [-0.3, -0.25) is 4.79 Å². The molecule has 7 nitrogen and oxygen atoms in total. The van der Waals surface area contributed by atoms with Crippen molar-refractivity contribution in [2.75, 3.05) is 18.4 Å². The van der Waals surface area contributed by atoms with Crippen LogP contribution in [0.15, 0.2) is 15.7 Å². The lowest BCUT2D eigenvalue weighted by Crippen LogP contribution is -2.39. The van der Waals surface area contributed by atoms with Gasteiger partial charge in [0.05, 0.1) is 16.7 Å². The number of nitrogens with one attached hydrogen (secondary N) is 1. The van der Waals surface area contributed by atoms with E-state index in [1.54, 1.807) is 11.4 Å². The van der Waals surface area contributed by atoms with Gasteiger partial charge in [0.25, 0.3) is 10.0 Å². The van der Waals surface area contributed by atoms with Crippen LogP contribution >= 0.6 is 22.7 Å². The Morgan fingerprint density at radius 3 is 2.72 bits per heavy atom. The van der Waals surface area contributed by atoms with Gasteiger partial charge in [-0.05, 0) is 25.8 Å². The van der Waals surface area contributed by atoms with Crippen LogP contribution in [0.25, 0.3) is 10.4 Å². The van der Waals surface area contributed by atoms with Crippen molar-refractivity contribution in [2.45, 2.75) is 37.0 Å². The number of thiophene rings is 1. The highest BCUT2D eigenvalue weighted by atomic mass is 32.2. The minimum atomic E-state index is -3.54. The Bertz CT molecular complexity index is 880. The highest BCUT2D eigenvalue weighted by molar-refractivity contribution is 7.91. The molecule has 1 aliphatic heterocycles.